The van der Waals surface area contributed by atoms with E-state index in [2.05, 4.69) is 0 Å². The summed E-state index contributed by atoms with van der Waals surface area (Å²) < 4.78 is 13.3. The van der Waals surface area contributed by atoms with Crippen LogP contribution in [0.5, 0.6) is 0 Å². The lowest BCUT2D eigenvalue weighted by molar-refractivity contribution is -0.131. The van der Waals surface area contributed by atoms with E-state index >= 15 is 0 Å². The van der Waals surface area contributed by atoms with Gasteiger partial charge in [0.25, 0.3) is 5.91 Å². The van der Waals surface area contributed by atoms with Crippen molar-refractivity contribution in [2.24, 2.45) is 0 Å². The van der Waals surface area contributed by atoms with Crippen LogP contribution in [-0.4, -0.2) is 21.4 Å². The van der Waals surface area contributed by atoms with E-state index in [1.165, 1.54) is 17.0 Å². The van der Waals surface area contributed by atoms with Crippen LogP contribution in [0.4, 0.5) is 4.39 Å². The number of nitrogens with zero attached hydrogens (tertiary/aromatic N) is 1. The predicted octanol–water partition coefficient (Wildman–Crippen LogP) is 3.59. The molecule has 1 aromatic rings. The van der Waals surface area contributed by atoms with Crippen LogP contribution in [0.15, 0.2) is 36.0 Å². The minimum atomic E-state index is -1.27. The molecule has 21 heavy (non-hydrogen) atoms. The van der Waals surface area contributed by atoms with Crippen LogP contribution in [0, 0.1) is 5.82 Å². The molecule has 0 radical (unpaired) electrons. The number of rotatable bonds is 4. The molecule has 0 fully saturated rings. The molecule has 1 aliphatic rings. The molecule has 0 unspecified atom stereocenters. The SMILES string of the molecule is O=C1CCCC=C1N(Cc1cccc(F)c1)C(=O)C(Cl)Cl. The Labute approximate surface area is 132 Å². The molecule has 0 bridgehead atoms. The maximum Gasteiger partial charge on any atom is 0.260 e. The molecule has 0 N–H and O–H groups in total. The summed E-state index contributed by atoms with van der Waals surface area (Å²) in [6, 6.07) is 5.84. The van der Waals surface area contributed by atoms with E-state index in [9.17, 15) is 14.0 Å². The van der Waals surface area contributed by atoms with E-state index in [1.807, 2.05) is 0 Å². The fourth-order valence-electron chi connectivity index (χ4n) is 2.22. The standard InChI is InChI=1S/C15H14Cl2FNO2/c16-14(17)15(21)19(12-6-1-2-7-13(12)20)9-10-4-3-5-11(18)8-10/h3-6,8,14H,1-2,7,9H2. The van der Waals surface area contributed by atoms with Crippen molar-refractivity contribution in [1.29, 1.82) is 0 Å². The summed E-state index contributed by atoms with van der Waals surface area (Å²) in [5.74, 6) is -1.11. The molecule has 0 atom stereocenters. The van der Waals surface area contributed by atoms with E-state index in [-0.39, 0.29) is 12.3 Å². The molecule has 1 amide bonds. The first kappa shape index (κ1) is 16.0. The number of ketones is 1. The maximum absolute atomic E-state index is 13.3. The fraction of sp³-hybridized carbons (Fsp3) is 0.333. The average Bonchev–Trinajstić information content (AvgIpc) is 2.45. The van der Waals surface area contributed by atoms with Crippen molar-refractivity contribution in [3.63, 3.8) is 0 Å². The third kappa shape index (κ3) is 4.05. The predicted molar refractivity (Wildman–Crippen MR) is 79.4 cm³/mol. The summed E-state index contributed by atoms with van der Waals surface area (Å²) in [6.45, 7) is 0.0596. The zero-order valence-corrected chi connectivity index (χ0v) is 12.7. The number of Topliss-reactive ketones (excluding diaryl/α,β-unsaturated/α-hetero) is 1. The Morgan fingerprint density at radius 1 is 1.38 bits per heavy atom. The topological polar surface area (TPSA) is 37.4 Å². The van der Waals surface area contributed by atoms with Crippen LogP contribution in [-0.2, 0) is 16.1 Å². The molecule has 1 aliphatic carbocycles. The Morgan fingerprint density at radius 2 is 2.14 bits per heavy atom. The normalized spacial score (nSPS) is 15.0. The van der Waals surface area contributed by atoms with Crippen LogP contribution >= 0.6 is 23.2 Å². The van der Waals surface area contributed by atoms with Crippen molar-refractivity contribution in [2.45, 2.75) is 30.6 Å². The average molecular weight is 330 g/mol. The molecular weight excluding hydrogens is 316 g/mol. The van der Waals surface area contributed by atoms with Crippen molar-refractivity contribution in [1.82, 2.24) is 4.90 Å². The Balaban J connectivity index is 2.30. The van der Waals surface area contributed by atoms with Gasteiger partial charge in [0.15, 0.2) is 10.6 Å². The van der Waals surface area contributed by atoms with Crippen LogP contribution in [0.25, 0.3) is 0 Å². The fourth-order valence-corrected chi connectivity index (χ4v) is 2.46. The first-order valence-corrected chi connectivity index (χ1v) is 7.43. The van der Waals surface area contributed by atoms with Gasteiger partial charge in [-0.15, -0.1) is 0 Å². The highest BCUT2D eigenvalue weighted by Crippen LogP contribution is 2.23. The van der Waals surface area contributed by atoms with Crippen molar-refractivity contribution in [3.05, 3.63) is 47.4 Å². The molecule has 0 saturated carbocycles. The van der Waals surface area contributed by atoms with Crippen LogP contribution in [0.3, 0.4) is 0 Å². The van der Waals surface area contributed by atoms with Gasteiger partial charge in [0.1, 0.15) is 5.82 Å². The maximum atomic E-state index is 13.3. The lowest BCUT2D eigenvalue weighted by atomic mass is 10.0. The van der Waals surface area contributed by atoms with Crippen LogP contribution < -0.4 is 0 Å². The lowest BCUT2D eigenvalue weighted by Gasteiger charge is -2.27. The molecule has 0 heterocycles. The van der Waals surface area contributed by atoms with Crippen molar-refractivity contribution >= 4 is 34.9 Å². The monoisotopic (exact) mass is 329 g/mol. The lowest BCUT2D eigenvalue weighted by Crippen LogP contribution is -2.37. The van der Waals surface area contributed by atoms with Crippen LogP contribution in [0.2, 0.25) is 0 Å². The van der Waals surface area contributed by atoms with E-state index in [0.29, 0.717) is 24.1 Å². The highest BCUT2D eigenvalue weighted by molar-refractivity contribution is 6.53. The molecule has 112 valence electrons. The Bertz CT molecular complexity index is 587. The van der Waals surface area contributed by atoms with Gasteiger partial charge < -0.3 is 4.90 Å². The van der Waals surface area contributed by atoms with E-state index in [4.69, 9.17) is 23.2 Å². The molecular formula is C15H14Cl2FNO2. The van der Waals surface area contributed by atoms with E-state index in [0.717, 1.165) is 6.42 Å². The van der Waals surface area contributed by atoms with Crippen LogP contribution in [0.1, 0.15) is 24.8 Å². The summed E-state index contributed by atoms with van der Waals surface area (Å²) in [7, 11) is 0. The number of amides is 1. The second-order valence-electron chi connectivity index (χ2n) is 4.76. The van der Waals surface area contributed by atoms with Crippen molar-refractivity contribution in [3.8, 4) is 0 Å². The van der Waals surface area contributed by atoms with Gasteiger partial charge >= 0.3 is 0 Å². The molecule has 0 aromatic heterocycles. The third-order valence-corrected chi connectivity index (χ3v) is 3.58. The number of hydrogen-bond donors (Lipinski definition) is 0. The van der Waals surface area contributed by atoms with Gasteiger partial charge in [-0.2, -0.15) is 0 Å². The molecule has 2 rings (SSSR count). The Morgan fingerprint density at radius 3 is 2.76 bits per heavy atom. The molecule has 0 aliphatic heterocycles. The second-order valence-corrected chi connectivity index (χ2v) is 5.86. The van der Waals surface area contributed by atoms with Gasteiger partial charge in [-0.3, -0.25) is 9.59 Å². The number of carbonyl (C=O) groups is 2. The number of allylic oxidation sites excluding steroid dienone is 2. The van der Waals surface area contributed by atoms with E-state index < -0.39 is 16.6 Å². The van der Waals surface area contributed by atoms with Crippen molar-refractivity contribution < 1.29 is 14.0 Å². The summed E-state index contributed by atoms with van der Waals surface area (Å²) in [5.41, 5.74) is 0.860. The summed E-state index contributed by atoms with van der Waals surface area (Å²) in [5, 5.41) is 0. The summed E-state index contributed by atoms with van der Waals surface area (Å²) in [6.07, 6.45) is 3.56. The largest absolute Gasteiger partial charge is 0.303 e. The number of carbonyl (C=O) groups excluding carboxylic acids is 2. The number of alkyl halides is 2. The molecule has 6 heteroatoms. The highest BCUT2D eigenvalue weighted by atomic mass is 35.5. The molecule has 0 saturated heterocycles. The van der Waals surface area contributed by atoms with E-state index in [1.54, 1.807) is 18.2 Å². The molecule has 0 spiro atoms. The van der Waals surface area contributed by atoms with Gasteiger partial charge in [0, 0.05) is 6.42 Å². The third-order valence-electron chi connectivity index (χ3n) is 3.20. The highest BCUT2D eigenvalue weighted by Gasteiger charge is 2.28. The van der Waals surface area contributed by atoms with Gasteiger partial charge in [0.2, 0.25) is 0 Å². The zero-order valence-electron chi connectivity index (χ0n) is 11.2. The zero-order chi connectivity index (χ0) is 15.4. The first-order valence-electron chi connectivity index (χ1n) is 6.56. The molecule has 1 aromatic carbocycles. The van der Waals surface area contributed by atoms with Gasteiger partial charge in [-0.25, -0.2) is 4.39 Å². The Hall–Kier alpha value is -1.39. The summed E-state index contributed by atoms with van der Waals surface area (Å²) in [4.78, 5) is 24.1. The Kier molecular flexibility index (Phi) is 5.37. The number of halogens is 3. The van der Waals surface area contributed by atoms with Crippen molar-refractivity contribution in [2.75, 3.05) is 0 Å². The van der Waals surface area contributed by atoms with Gasteiger partial charge in [-0.1, -0.05) is 41.4 Å². The quantitative estimate of drug-likeness (QED) is 0.791. The second kappa shape index (κ2) is 7.05. The number of hydrogen-bond acceptors (Lipinski definition) is 2. The minimum absolute atomic E-state index is 0.0596. The summed E-state index contributed by atoms with van der Waals surface area (Å²) >= 11 is 11.3. The smallest absolute Gasteiger partial charge is 0.260 e. The van der Waals surface area contributed by atoms with Gasteiger partial charge in [-0.05, 0) is 30.5 Å². The minimum Gasteiger partial charge on any atom is -0.303 e. The molecule has 3 nitrogen and oxygen atoms in total. The van der Waals surface area contributed by atoms with Gasteiger partial charge in [0.05, 0.1) is 12.2 Å². The number of benzene rings is 1. The first-order chi connectivity index (χ1) is 9.99.